The quantitative estimate of drug-likeness (QED) is 0.474. The molecule has 0 saturated heterocycles. The molecule has 0 saturated carbocycles. The van der Waals surface area contributed by atoms with Crippen LogP contribution in [0.5, 0.6) is 0 Å². The number of alkyl halides is 3. The van der Waals surface area contributed by atoms with E-state index in [1.54, 1.807) is 0 Å². The summed E-state index contributed by atoms with van der Waals surface area (Å²) in [6.07, 6.45) is -4.71. The molecule has 0 aliphatic rings. The monoisotopic (exact) mass is 328 g/mol. The minimum atomic E-state index is -4.71. The van der Waals surface area contributed by atoms with E-state index in [9.17, 15) is 31.7 Å². The van der Waals surface area contributed by atoms with E-state index in [2.05, 4.69) is 0 Å². The lowest BCUT2D eigenvalue weighted by atomic mass is 10.3. The van der Waals surface area contributed by atoms with E-state index in [4.69, 9.17) is 5.84 Å². The van der Waals surface area contributed by atoms with Gasteiger partial charge in [0.15, 0.2) is 0 Å². The first-order valence-electron chi connectivity index (χ1n) is 5.27. The fraction of sp³-hybridized carbons (Fsp3) is 0.333. The molecule has 0 aliphatic carbocycles. The van der Waals surface area contributed by atoms with Crippen LogP contribution in [0.2, 0.25) is 0 Å². The second kappa shape index (κ2) is 5.83. The lowest BCUT2D eigenvalue weighted by Gasteiger charge is -2.19. The van der Waals surface area contributed by atoms with Gasteiger partial charge in [-0.1, -0.05) is 0 Å². The summed E-state index contributed by atoms with van der Waals surface area (Å²) >= 11 is 0. The van der Waals surface area contributed by atoms with Crippen LogP contribution in [-0.2, 0) is 10.0 Å². The van der Waals surface area contributed by atoms with Crippen LogP contribution < -0.4 is 11.3 Å². The third-order valence-electron chi connectivity index (χ3n) is 2.43. The maximum atomic E-state index is 12.2. The largest absolute Gasteiger partial charge is 0.402 e. The Balaban J connectivity index is 3.24. The molecule has 1 aromatic rings. The van der Waals surface area contributed by atoms with Gasteiger partial charge in [-0.25, -0.2) is 8.42 Å². The Labute approximate surface area is 117 Å². The van der Waals surface area contributed by atoms with E-state index in [1.165, 1.54) is 0 Å². The maximum absolute atomic E-state index is 12.2. The highest BCUT2D eigenvalue weighted by molar-refractivity contribution is 7.89. The average Bonchev–Trinajstić information content (AvgIpc) is 2.35. The molecule has 0 aliphatic heterocycles. The molecule has 0 atom stereocenters. The van der Waals surface area contributed by atoms with Crippen LogP contribution in [0.4, 0.5) is 24.5 Å². The van der Waals surface area contributed by atoms with Crippen molar-refractivity contribution in [1.82, 2.24) is 4.31 Å². The summed E-state index contributed by atoms with van der Waals surface area (Å²) in [5.74, 6) is 5.04. The van der Waals surface area contributed by atoms with E-state index in [0.717, 1.165) is 25.2 Å². The van der Waals surface area contributed by atoms with Crippen LogP contribution in [-0.4, -0.2) is 37.4 Å². The third kappa shape index (κ3) is 4.03. The zero-order valence-corrected chi connectivity index (χ0v) is 11.4. The molecule has 0 fully saturated rings. The van der Waals surface area contributed by atoms with Crippen molar-refractivity contribution in [2.45, 2.75) is 11.1 Å². The fourth-order valence-corrected chi connectivity index (χ4v) is 2.65. The SMILES string of the molecule is CN(CC(F)(F)F)S(=O)(=O)c1ccc([N+](=O)[O-])c(NN)c1. The summed E-state index contributed by atoms with van der Waals surface area (Å²) < 4.78 is 60.7. The normalized spacial score (nSPS) is 12.5. The van der Waals surface area contributed by atoms with Gasteiger partial charge in [0.2, 0.25) is 10.0 Å². The summed E-state index contributed by atoms with van der Waals surface area (Å²) in [5, 5.41) is 10.7. The number of nitro benzene ring substituents is 1. The second-order valence-electron chi connectivity index (χ2n) is 3.96. The van der Waals surface area contributed by atoms with Gasteiger partial charge >= 0.3 is 6.18 Å². The molecule has 21 heavy (non-hydrogen) atoms. The van der Waals surface area contributed by atoms with Crippen LogP contribution in [0.15, 0.2) is 23.1 Å². The number of nitrogens with zero attached hydrogens (tertiary/aromatic N) is 2. The topological polar surface area (TPSA) is 119 Å². The van der Waals surface area contributed by atoms with Gasteiger partial charge in [-0.3, -0.25) is 16.0 Å². The molecule has 0 heterocycles. The lowest BCUT2D eigenvalue weighted by Crippen LogP contribution is -2.35. The Hall–Kier alpha value is -1.92. The summed E-state index contributed by atoms with van der Waals surface area (Å²) in [6, 6.07) is 2.46. The number of anilines is 1. The van der Waals surface area contributed by atoms with Crippen molar-refractivity contribution < 1.29 is 26.5 Å². The Morgan fingerprint density at radius 2 is 2.00 bits per heavy atom. The highest BCUT2D eigenvalue weighted by Gasteiger charge is 2.35. The number of nitro groups is 1. The first-order chi connectivity index (χ1) is 9.49. The van der Waals surface area contributed by atoms with Crippen molar-refractivity contribution >= 4 is 21.4 Å². The number of hydrazine groups is 1. The van der Waals surface area contributed by atoms with Gasteiger partial charge in [0.05, 0.1) is 9.82 Å². The predicted molar refractivity (Wildman–Crippen MR) is 66.8 cm³/mol. The summed E-state index contributed by atoms with van der Waals surface area (Å²) in [6.45, 7) is -1.68. The van der Waals surface area contributed by atoms with Gasteiger partial charge in [0.25, 0.3) is 5.69 Å². The number of nitrogens with two attached hydrogens (primary N) is 1. The first-order valence-corrected chi connectivity index (χ1v) is 6.71. The number of hydrogen-bond acceptors (Lipinski definition) is 6. The van der Waals surface area contributed by atoms with Gasteiger partial charge < -0.3 is 5.43 Å². The zero-order chi connectivity index (χ0) is 16.4. The van der Waals surface area contributed by atoms with E-state index >= 15 is 0 Å². The minimum Gasteiger partial charge on any atom is -0.318 e. The predicted octanol–water partition coefficient (Wildman–Crippen LogP) is 1.06. The van der Waals surface area contributed by atoms with Gasteiger partial charge in [-0.05, 0) is 12.1 Å². The molecule has 12 heteroatoms. The molecule has 8 nitrogen and oxygen atoms in total. The highest BCUT2D eigenvalue weighted by Crippen LogP contribution is 2.28. The second-order valence-corrected chi connectivity index (χ2v) is 6.00. The van der Waals surface area contributed by atoms with Crippen LogP contribution in [0.3, 0.4) is 0 Å². The summed E-state index contributed by atoms with van der Waals surface area (Å²) in [4.78, 5) is 9.30. The number of benzene rings is 1. The smallest absolute Gasteiger partial charge is 0.318 e. The highest BCUT2D eigenvalue weighted by atomic mass is 32.2. The molecule has 0 aromatic heterocycles. The number of nitrogens with one attached hydrogen (secondary N) is 1. The van der Waals surface area contributed by atoms with Crippen LogP contribution in [0.25, 0.3) is 0 Å². The van der Waals surface area contributed by atoms with E-state index in [-0.39, 0.29) is 9.99 Å². The molecule has 0 radical (unpaired) electrons. The maximum Gasteiger partial charge on any atom is 0.402 e. The van der Waals surface area contributed by atoms with Gasteiger partial charge in [0, 0.05) is 13.1 Å². The van der Waals surface area contributed by atoms with E-state index < -0.39 is 38.3 Å². The van der Waals surface area contributed by atoms with Crippen molar-refractivity contribution in [1.29, 1.82) is 0 Å². The van der Waals surface area contributed by atoms with Crippen molar-refractivity contribution in [3.8, 4) is 0 Å². The van der Waals surface area contributed by atoms with Crippen LogP contribution in [0, 0.1) is 10.1 Å². The van der Waals surface area contributed by atoms with Crippen LogP contribution in [0.1, 0.15) is 0 Å². The molecular formula is C9H11F3N4O4S. The van der Waals surface area contributed by atoms with E-state index in [1.807, 2.05) is 5.43 Å². The molecule has 0 unspecified atom stereocenters. The van der Waals surface area contributed by atoms with Crippen molar-refractivity contribution in [2.75, 3.05) is 19.0 Å². The molecule has 0 spiro atoms. The Morgan fingerprint density at radius 1 is 1.43 bits per heavy atom. The first kappa shape index (κ1) is 17.1. The van der Waals surface area contributed by atoms with E-state index in [0.29, 0.717) is 0 Å². The summed E-state index contributed by atoms with van der Waals surface area (Å²) in [5.41, 5.74) is 1.09. The minimum absolute atomic E-state index is 0.0917. The zero-order valence-electron chi connectivity index (χ0n) is 10.6. The number of hydrogen-bond donors (Lipinski definition) is 2. The standard InChI is InChI=1S/C9H11F3N4O4S/c1-15(5-9(10,11)12)21(19,20)6-2-3-8(16(17)18)7(4-6)14-13/h2-4,14H,5,13H2,1H3. The molecule has 118 valence electrons. The molecule has 3 N–H and O–H groups in total. The van der Waals surface area contributed by atoms with Gasteiger partial charge in [-0.15, -0.1) is 0 Å². The summed E-state index contributed by atoms with van der Waals surface area (Å²) in [7, 11) is -3.70. The number of rotatable bonds is 5. The van der Waals surface area contributed by atoms with Crippen LogP contribution >= 0.6 is 0 Å². The Kier molecular flexibility index (Phi) is 4.76. The molecular weight excluding hydrogens is 317 g/mol. The Morgan fingerprint density at radius 3 is 2.43 bits per heavy atom. The fourth-order valence-electron chi connectivity index (χ4n) is 1.47. The van der Waals surface area contributed by atoms with Crippen molar-refractivity contribution in [3.63, 3.8) is 0 Å². The van der Waals surface area contributed by atoms with Crippen molar-refractivity contribution in [2.24, 2.45) is 5.84 Å². The Bertz CT molecular complexity index is 647. The lowest BCUT2D eigenvalue weighted by molar-refractivity contribution is -0.384. The van der Waals surface area contributed by atoms with Gasteiger partial charge in [0.1, 0.15) is 12.2 Å². The number of nitrogen functional groups attached to an aromatic ring is 1. The number of halogens is 3. The van der Waals surface area contributed by atoms with Gasteiger partial charge in [-0.2, -0.15) is 17.5 Å². The third-order valence-corrected chi connectivity index (χ3v) is 4.23. The number of sulfonamides is 1. The molecule has 1 rings (SSSR count). The van der Waals surface area contributed by atoms with Crippen molar-refractivity contribution in [3.05, 3.63) is 28.3 Å². The molecule has 1 aromatic carbocycles. The average molecular weight is 328 g/mol. The molecule has 0 amide bonds. The molecule has 0 bridgehead atoms.